The van der Waals surface area contributed by atoms with E-state index in [-0.39, 0.29) is 24.9 Å². The number of rotatable bonds is 13. The van der Waals surface area contributed by atoms with Crippen molar-refractivity contribution in [3.05, 3.63) is 105 Å². The highest BCUT2D eigenvalue weighted by Crippen LogP contribution is 2.45. The maximum absolute atomic E-state index is 9.83. The topological polar surface area (TPSA) is 111 Å². The van der Waals surface area contributed by atoms with Crippen LogP contribution in [0.5, 0.6) is 17.2 Å². The number of halogens is 2. The summed E-state index contributed by atoms with van der Waals surface area (Å²) in [4.78, 5) is 8.49. The van der Waals surface area contributed by atoms with Gasteiger partial charge in [0, 0.05) is 74.4 Å². The number of hydrogen-bond acceptors (Lipinski definition) is 9. The normalized spacial score (nSPS) is 18.0. The summed E-state index contributed by atoms with van der Waals surface area (Å²) in [5, 5.41) is 29.7. The molecule has 0 amide bonds. The first-order chi connectivity index (χ1) is 23.8. The van der Waals surface area contributed by atoms with E-state index in [4.69, 9.17) is 37.4 Å². The minimum atomic E-state index is -0.323. The SMILES string of the molecule is N#Cc1cncc(COc2cc(O[C@H]3CCc4c(-c5cccc(OCCCN6CC(O)C6)c5Cl)cccc43)c(Cl)cc2CN2CC(O)C2)c1. The fourth-order valence-corrected chi connectivity index (χ4v) is 7.31. The van der Waals surface area contributed by atoms with E-state index < -0.39 is 0 Å². The van der Waals surface area contributed by atoms with Gasteiger partial charge in [0.1, 0.15) is 36.0 Å². The van der Waals surface area contributed by atoms with Gasteiger partial charge >= 0.3 is 0 Å². The molecule has 49 heavy (non-hydrogen) atoms. The average molecular weight is 702 g/mol. The number of benzene rings is 3. The van der Waals surface area contributed by atoms with E-state index in [1.165, 1.54) is 11.8 Å². The molecule has 11 heteroatoms. The standard InChI is InChI=1S/C38H38Cl2N4O5/c39-33-13-26(18-44-21-28(46)22-44)36(48-23-25-12-24(15-41)16-42-17-25)14-37(33)49-34-9-8-30-29(4-1-5-31(30)34)32-6-2-7-35(38(32)40)47-11-3-10-43-19-27(45)20-43/h1-2,4-7,12-14,16-17,27-28,34,45-46H,3,8-11,18-23H2/t34-/m0/s1. The first kappa shape index (κ1) is 33.6. The van der Waals surface area contributed by atoms with Crippen LogP contribution in [0.1, 0.15) is 46.8 Å². The minimum Gasteiger partial charge on any atom is -0.492 e. The lowest BCUT2D eigenvalue weighted by Gasteiger charge is -2.36. The Bertz CT molecular complexity index is 1850. The number of β-amino-alcohol motifs (C(OH)–C–C–N with tert-alkyl or cyclic N) is 2. The quantitative estimate of drug-likeness (QED) is 0.158. The van der Waals surface area contributed by atoms with Crippen LogP contribution < -0.4 is 14.2 Å². The molecule has 2 aliphatic heterocycles. The zero-order valence-corrected chi connectivity index (χ0v) is 28.5. The Kier molecular flexibility index (Phi) is 10.2. The molecular weight excluding hydrogens is 663 g/mol. The number of nitrogens with zero attached hydrogens (tertiary/aromatic N) is 4. The van der Waals surface area contributed by atoms with Crippen molar-refractivity contribution in [3.8, 4) is 34.4 Å². The van der Waals surface area contributed by atoms with Crippen molar-refractivity contribution in [3.63, 3.8) is 0 Å². The predicted octanol–water partition coefficient (Wildman–Crippen LogP) is 6.19. The first-order valence-corrected chi connectivity index (χ1v) is 17.4. The fraction of sp³-hybridized carbons (Fsp3) is 0.368. The molecule has 3 heterocycles. The molecule has 1 aliphatic carbocycles. The van der Waals surface area contributed by atoms with Crippen molar-refractivity contribution >= 4 is 23.2 Å². The van der Waals surface area contributed by atoms with Gasteiger partial charge in [-0.15, -0.1) is 0 Å². The lowest BCUT2D eigenvalue weighted by Crippen LogP contribution is -2.50. The Labute approximate surface area is 296 Å². The van der Waals surface area contributed by atoms with Gasteiger partial charge in [-0.3, -0.25) is 14.8 Å². The number of aliphatic hydroxyl groups is 2. The third kappa shape index (κ3) is 7.65. The van der Waals surface area contributed by atoms with Crippen molar-refractivity contribution in [1.29, 1.82) is 5.26 Å². The number of aromatic nitrogens is 1. The van der Waals surface area contributed by atoms with Gasteiger partial charge in [-0.1, -0.05) is 53.5 Å². The second-order valence-corrected chi connectivity index (χ2v) is 13.8. The highest BCUT2D eigenvalue weighted by molar-refractivity contribution is 6.35. The number of fused-ring (bicyclic) bond motifs is 1. The van der Waals surface area contributed by atoms with Gasteiger partial charge in [0.05, 0.1) is 34.4 Å². The van der Waals surface area contributed by atoms with E-state index in [0.29, 0.717) is 59.1 Å². The highest BCUT2D eigenvalue weighted by Gasteiger charge is 2.30. The van der Waals surface area contributed by atoms with Crippen LogP contribution in [0.3, 0.4) is 0 Å². The number of nitriles is 1. The van der Waals surface area contributed by atoms with Crippen molar-refractivity contribution < 1.29 is 24.4 Å². The summed E-state index contributed by atoms with van der Waals surface area (Å²) in [6.07, 6.45) is 4.91. The van der Waals surface area contributed by atoms with E-state index in [2.05, 4.69) is 33.0 Å². The largest absolute Gasteiger partial charge is 0.492 e. The van der Waals surface area contributed by atoms with Gasteiger partial charge in [-0.05, 0) is 54.2 Å². The van der Waals surface area contributed by atoms with Gasteiger partial charge < -0.3 is 24.4 Å². The lowest BCUT2D eigenvalue weighted by molar-refractivity contribution is -0.00335. The van der Waals surface area contributed by atoms with Crippen molar-refractivity contribution in [2.75, 3.05) is 39.3 Å². The molecule has 4 aromatic rings. The van der Waals surface area contributed by atoms with E-state index in [0.717, 1.165) is 66.7 Å². The molecule has 3 aromatic carbocycles. The van der Waals surface area contributed by atoms with E-state index in [1.54, 1.807) is 12.3 Å². The summed E-state index contributed by atoms with van der Waals surface area (Å²) in [7, 11) is 0. The molecular formula is C38H38Cl2N4O5. The molecule has 0 radical (unpaired) electrons. The van der Waals surface area contributed by atoms with Gasteiger partial charge in [0.2, 0.25) is 0 Å². The first-order valence-electron chi connectivity index (χ1n) is 16.6. The van der Waals surface area contributed by atoms with Crippen LogP contribution in [-0.4, -0.2) is 76.5 Å². The smallest absolute Gasteiger partial charge is 0.142 e. The summed E-state index contributed by atoms with van der Waals surface area (Å²) < 4.78 is 19.0. The summed E-state index contributed by atoms with van der Waals surface area (Å²) in [5.74, 6) is 1.81. The van der Waals surface area contributed by atoms with Crippen LogP contribution in [0.2, 0.25) is 10.0 Å². The molecule has 0 unspecified atom stereocenters. The van der Waals surface area contributed by atoms with Crippen molar-refractivity contribution in [2.45, 2.75) is 50.7 Å². The van der Waals surface area contributed by atoms with E-state index in [9.17, 15) is 15.5 Å². The molecule has 2 fully saturated rings. The molecule has 254 valence electrons. The average Bonchev–Trinajstić information content (AvgIpc) is 3.49. The number of likely N-dealkylation sites (tertiary alicyclic amines) is 2. The molecule has 1 aromatic heterocycles. The Hall–Kier alpha value is -3.88. The van der Waals surface area contributed by atoms with E-state index >= 15 is 0 Å². The van der Waals surface area contributed by atoms with Crippen LogP contribution in [-0.2, 0) is 19.6 Å². The third-order valence-corrected chi connectivity index (χ3v) is 10.0. The lowest BCUT2D eigenvalue weighted by atomic mass is 9.96. The highest BCUT2D eigenvalue weighted by atomic mass is 35.5. The van der Waals surface area contributed by atoms with Crippen molar-refractivity contribution in [1.82, 2.24) is 14.8 Å². The molecule has 3 aliphatic rings. The number of hydrogen-bond donors (Lipinski definition) is 2. The van der Waals surface area contributed by atoms with E-state index in [1.807, 2.05) is 36.4 Å². The van der Waals surface area contributed by atoms with Gasteiger partial charge in [0.15, 0.2) is 0 Å². The maximum atomic E-state index is 9.83. The Morgan fingerprint density at radius 1 is 0.878 bits per heavy atom. The predicted molar refractivity (Wildman–Crippen MR) is 187 cm³/mol. The third-order valence-electron chi connectivity index (χ3n) is 9.32. The van der Waals surface area contributed by atoms with Crippen LogP contribution in [0, 0.1) is 11.3 Å². The molecule has 2 N–H and O–H groups in total. The second kappa shape index (κ2) is 14.9. The molecule has 9 nitrogen and oxygen atoms in total. The molecule has 1 atom stereocenters. The second-order valence-electron chi connectivity index (χ2n) is 13.0. The summed E-state index contributed by atoms with van der Waals surface area (Å²) >= 11 is 13.8. The molecule has 2 saturated heterocycles. The van der Waals surface area contributed by atoms with Crippen LogP contribution in [0.15, 0.2) is 67.0 Å². The van der Waals surface area contributed by atoms with Gasteiger partial charge in [-0.2, -0.15) is 5.26 Å². The Balaban J connectivity index is 1.08. The molecule has 7 rings (SSSR count). The number of ether oxygens (including phenoxy) is 3. The van der Waals surface area contributed by atoms with Crippen LogP contribution in [0.4, 0.5) is 0 Å². The zero-order chi connectivity index (χ0) is 33.9. The number of pyridine rings is 1. The van der Waals surface area contributed by atoms with Gasteiger partial charge in [-0.25, -0.2) is 0 Å². The summed E-state index contributed by atoms with van der Waals surface area (Å²) in [5.41, 5.74) is 6.39. The minimum absolute atomic E-state index is 0.200. The van der Waals surface area contributed by atoms with Crippen molar-refractivity contribution in [2.24, 2.45) is 0 Å². The molecule has 0 saturated carbocycles. The van der Waals surface area contributed by atoms with Gasteiger partial charge in [0.25, 0.3) is 0 Å². The maximum Gasteiger partial charge on any atom is 0.142 e. The summed E-state index contributed by atoms with van der Waals surface area (Å²) in [6, 6.07) is 19.7. The molecule has 0 bridgehead atoms. The monoisotopic (exact) mass is 700 g/mol. The fourth-order valence-electron chi connectivity index (χ4n) is 6.80. The number of aliphatic hydroxyl groups excluding tert-OH is 2. The van der Waals surface area contributed by atoms with Crippen LogP contribution in [0.25, 0.3) is 11.1 Å². The summed E-state index contributed by atoms with van der Waals surface area (Å²) in [6.45, 7) is 4.88. The van der Waals surface area contributed by atoms with Crippen LogP contribution >= 0.6 is 23.2 Å². The Morgan fingerprint density at radius 2 is 1.65 bits per heavy atom. The zero-order valence-electron chi connectivity index (χ0n) is 27.0. The molecule has 0 spiro atoms. The Morgan fingerprint density at radius 3 is 2.45 bits per heavy atom.